The van der Waals surface area contributed by atoms with E-state index < -0.39 is 0 Å². The molecule has 2 aliphatic carbocycles. The first kappa shape index (κ1) is 12.9. The van der Waals surface area contributed by atoms with Crippen LogP contribution in [0.3, 0.4) is 0 Å². The number of hydrogen-bond donors (Lipinski definition) is 1. The summed E-state index contributed by atoms with van der Waals surface area (Å²) in [6.07, 6.45) is 4.01. The van der Waals surface area contributed by atoms with E-state index in [0.29, 0.717) is 11.7 Å². The van der Waals surface area contributed by atoms with E-state index in [2.05, 4.69) is 12.2 Å². The molecule has 2 saturated carbocycles. The van der Waals surface area contributed by atoms with E-state index in [1.165, 1.54) is 25.3 Å². The fourth-order valence-electron chi connectivity index (χ4n) is 3.93. The summed E-state index contributed by atoms with van der Waals surface area (Å²) >= 11 is 0. The molecule has 3 atom stereocenters. The van der Waals surface area contributed by atoms with Gasteiger partial charge < -0.3 is 10.1 Å². The zero-order valence-corrected chi connectivity index (χ0v) is 11.7. The van der Waals surface area contributed by atoms with Crippen molar-refractivity contribution in [3.8, 4) is 5.75 Å². The lowest BCUT2D eigenvalue weighted by Gasteiger charge is -2.21. The third kappa shape index (κ3) is 2.25. The summed E-state index contributed by atoms with van der Waals surface area (Å²) in [4.78, 5) is 0. The van der Waals surface area contributed by atoms with E-state index in [1.54, 1.807) is 7.11 Å². The number of fused-ring (bicyclic) bond motifs is 1. The van der Waals surface area contributed by atoms with Crippen LogP contribution in [0.1, 0.15) is 37.8 Å². The van der Waals surface area contributed by atoms with Crippen LogP contribution in [-0.4, -0.2) is 13.7 Å². The van der Waals surface area contributed by atoms with Gasteiger partial charge in [0.15, 0.2) is 0 Å². The van der Waals surface area contributed by atoms with Gasteiger partial charge >= 0.3 is 0 Å². The Morgan fingerprint density at radius 2 is 2.11 bits per heavy atom. The van der Waals surface area contributed by atoms with E-state index in [-0.39, 0.29) is 11.9 Å². The Kier molecular flexibility index (Phi) is 3.48. The van der Waals surface area contributed by atoms with Crippen LogP contribution in [0.2, 0.25) is 0 Å². The summed E-state index contributed by atoms with van der Waals surface area (Å²) in [6.45, 7) is 2.97. The maximum absolute atomic E-state index is 14.3. The maximum Gasteiger partial charge on any atom is 0.131 e. The Labute approximate surface area is 114 Å². The van der Waals surface area contributed by atoms with Crippen molar-refractivity contribution < 1.29 is 9.13 Å². The molecule has 0 aromatic heterocycles. The highest BCUT2D eigenvalue weighted by Crippen LogP contribution is 2.62. The summed E-state index contributed by atoms with van der Waals surface area (Å²) in [6, 6.07) is 5.42. The predicted octanol–water partition coefficient (Wildman–Crippen LogP) is 3.53. The van der Waals surface area contributed by atoms with Gasteiger partial charge in [-0.2, -0.15) is 0 Å². The molecular weight excluding hydrogens is 241 g/mol. The molecule has 0 heterocycles. The molecule has 2 fully saturated rings. The molecule has 1 aromatic rings. The van der Waals surface area contributed by atoms with Crippen molar-refractivity contribution in [3.63, 3.8) is 0 Å². The topological polar surface area (TPSA) is 21.3 Å². The Bertz CT molecular complexity index is 452. The van der Waals surface area contributed by atoms with Crippen LogP contribution in [-0.2, 0) is 0 Å². The summed E-state index contributed by atoms with van der Waals surface area (Å²) in [5.41, 5.74) is 0.807. The fraction of sp³-hybridized carbons (Fsp3) is 0.625. The second kappa shape index (κ2) is 5.12. The molecule has 3 unspecified atom stereocenters. The lowest BCUT2D eigenvalue weighted by atomic mass is 9.96. The number of nitrogens with one attached hydrogen (secondary N) is 1. The lowest BCUT2D eigenvalue weighted by molar-refractivity contribution is 0.397. The summed E-state index contributed by atoms with van der Waals surface area (Å²) < 4.78 is 19.3. The van der Waals surface area contributed by atoms with Crippen LogP contribution in [0.4, 0.5) is 4.39 Å². The molecule has 2 aliphatic rings. The van der Waals surface area contributed by atoms with Gasteiger partial charge in [0.1, 0.15) is 11.6 Å². The fourth-order valence-corrected chi connectivity index (χ4v) is 3.93. The number of halogens is 1. The van der Waals surface area contributed by atoms with Crippen molar-refractivity contribution in [2.45, 2.75) is 32.2 Å². The van der Waals surface area contributed by atoms with Gasteiger partial charge in [-0.3, -0.25) is 0 Å². The highest BCUT2D eigenvalue weighted by Gasteiger charge is 2.56. The molecule has 0 radical (unpaired) electrons. The van der Waals surface area contributed by atoms with Gasteiger partial charge in [0.25, 0.3) is 0 Å². The molecule has 3 rings (SSSR count). The predicted molar refractivity (Wildman–Crippen MR) is 73.7 cm³/mol. The molecular formula is C16H22FNO. The average Bonchev–Trinajstić information content (AvgIpc) is 2.88. The number of ether oxygens (including phenoxy) is 1. The first-order valence-electron chi connectivity index (χ1n) is 7.33. The number of hydrogen-bond acceptors (Lipinski definition) is 2. The molecule has 0 amide bonds. The average molecular weight is 263 g/mol. The van der Waals surface area contributed by atoms with Crippen molar-refractivity contribution in [3.05, 3.63) is 29.6 Å². The molecule has 0 aliphatic heterocycles. The molecule has 1 aromatic carbocycles. The largest absolute Gasteiger partial charge is 0.497 e. The smallest absolute Gasteiger partial charge is 0.131 e. The van der Waals surface area contributed by atoms with Crippen LogP contribution in [0.25, 0.3) is 0 Å². The zero-order valence-electron chi connectivity index (χ0n) is 11.7. The minimum Gasteiger partial charge on any atom is -0.497 e. The Morgan fingerprint density at radius 3 is 2.68 bits per heavy atom. The zero-order chi connectivity index (χ0) is 13.4. The number of benzene rings is 1. The second-order valence-electron chi connectivity index (χ2n) is 5.76. The van der Waals surface area contributed by atoms with Gasteiger partial charge in [-0.25, -0.2) is 4.39 Å². The normalized spacial score (nSPS) is 29.9. The van der Waals surface area contributed by atoms with E-state index in [1.807, 2.05) is 12.1 Å². The van der Waals surface area contributed by atoms with Crippen LogP contribution >= 0.6 is 0 Å². The van der Waals surface area contributed by atoms with Gasteiger partial charge in [-0.15, -0.1) is 0 Å². The van der Waals surface area contributed by atoms with Crippen LogP contribution in [0.15, 0.2) is 18.2 Å². The first-order chi connectivity index (χ1) is 9.26. The number of rotatable bonds is 5. The van der Waals surface area contributed by atoms with Crippen LogP contribution in [0, 0.1) is 23.6 Å². The van der Waals surface area contributed by atoms with E-state index in [4.69, 9.17) is 4.74 Å². The SMILES string of the molecule is CCNC(c1ccc(OC)cc1F)C1C2CCCC21. The molecule has 1 N–H and O–H groups in total. The van der Waals surface area contributed by atoms with Gasteiger partial charge in [0, 0.05) is 17.7 Å². The van der Waals surface area contributed by atoms with Crippen molar-refractivity contribution in [1.29, 1.82) is 0 Å². The highest BCUT2D eigenvalue weighted by atomic mass is 19.1. The minimum atomic E-state index is -0.143. The molecule has 3 heteroatoms. The molecule has 0 saturated heterocycles. The summed E-state index contributed by atoms with van der Waals surface area (Å²) in [7, 11) is 1.57. The van der Waals surface area contributed by atoms with E-state index in [0.717, 1.165) is 23.9 Å². The summed E-state index contributed by atoms with van der Waals surface area (Å²) in [5.74, 6) is 2.73. The number of methoxy groups -OCH3 is 1. The van der Waals surface area contributed by atoms with Gasteiger partial charge in [0.2, 0.25) is 0 Å². The molecule has 104 valence electrons. The molecule has 19 heavy (non-hydrogen) atoms. The van der Waals surface area contributed by atoms with Crippen molar-refractivity contribution in [2.24, 2.45) is 17.8 Å². The maximum atomic E-state index is 14.3. The quantitative estimate of drug-likeness (QED) is 0.877. The van der Waals surface area contributed by atoms with E-state index >= 15 is 0 Å². The standard InChI is InChI=1S/C16H22FNO/c1-3-18-16(15-11-5-4-6-12(11)15)13-8-7-10(19-2)9-14(13)17/h7-9,11-12,15-16,18H,3-6H2,1-2H3. The third-order valence-electron chi connectivity index (χ3n) is 4.82. The van der Waals surface area contributed by atoms with Crippen molar-refractivity contribution >= 4 is 0 Å². The monoisotopic (exact) mass is 263 g/mol. The van der Waals surface area contributed by atoms with E-state index in [9.17, 15) is 4.39 Å². The Morgan fingerprint density at radius 1 is 1.37 bits per heavy atom. The summed E-state index contributed by atoms with van der Waals surface area (Å²) in [5, 5.41) is 3.49. The minimum absolute atomic E-state index is 0.143. The van der Waals surface area contributed by atoms with Crippen molar-refractivity contribution in [1.82, 2.24) is 5.32 Å². The second-order valence-corrected chi connectivity index (χ2v) is 5.76. The van der Waals surface area contributed by atoms with Gasteiger partial charge in [0.05, 0.1) is 7.11 Å². The van der Waals surface area contributed by atoms with Crippen molar-refractivity contribution in [2.75, 3.05) is 13.7 Å². The molecule has 2 nitrogen and oxygen atoms in total. The molecule has 0 bridgehead atoms. The Hall–Kier alpha value is -1.09. The molecule has 0 spiro atoms. The van der Waals surface area contributed by atoms with Gasteiger partial charge in [-0.1, -0.05) is 19.4 Å². The third-order valence-corrected chi connectivity index (χ3v) is 4.82. The highest BCUT2D eigenvalue weighted by molar-refractivity contribution is 5.32. The van der Waals surface area contributed by atoms with Gasteiger partial charge in [-0.05, 0) is 43.2 Å². The Balaban J connectivity index is 1.84. The first-order valence-corrected chi connectivity index (χ1v) is 7.33. The van der Waals surface area contributed by atoms with Crippen LogP contribution in [0.5, 0.6) is 5.75 Å². The lowest BCUT2D eigenvalue weighted by Crippen LogP contribution is -2.25. The van der Waals surface area contributed by atoms with Crippen LogP contribution < -0.4 is 10.1 Å².